The van der Waals surface area contributed by atoms with E-state index >= 15 is 0 Å². The van der Waals surface area contributed by atoms with Crippen molar-refractivity contribution in [3.8, 4) is 0 Å². The molecule has 1 spiro atoms. The molecule has 6 nitrogen and oxygen atoms in total. The fraction of sp³-hybridized carbons (Fsp3) is 0.185. The lowest BCUT2D eigenvalue weighted by molar-refractivity contribution is -0.127. The van der Waals surface area contributed by atoms with E-state index < -0.39 is 52.7 Å². The van der Waals surface area contributed by atoms with Gasteiger partial charge < -0.3 is 4.74 Å². The highest BCUT2D eigenvalue weighted by Crippen LogP contribution is 2.57. The summed E-state index contributed by atoms with van der Waals surface area (Å²) in [5.74, 6) is -5.89. The van der Waals surface area contributed by atoms with Crippen molar-refractivity contribution in [1.29, 1.82) is 0 Å². The van der Waals surface area contributed by atoms with Gasteiger partial charge in [-0.15, -0.1) is 0 Å². The van der Waals surface area contributed by atoms with Crippen LogP contribution in [0.2, 0.25) is 5.02 Å². The van der Waals surface area contributed by atoms with Crippen LogP contribution >= 0.6 is 11.6 Å². The van der Waals surface area contributed by atoms with Crippen LogP contribution in [0, 0.1) is 24.6 Å². The van der Waals surface area contributed by atoms with Gasteiger partial charge in [-0.05, 0) is 42.3 Å². The highest BCUT2D eigenvalue weighted by Gasteiger charge is 2.74. The van der Waals surface area contributed by atoms with Crippen LogP contribution in [0.5, 0.6) is 0 Å². The number of halogens is 2. The zero-order valence-electron chi connectivity index (χ0n) is 18.3. The summed E-state index contributed by atoms with van der Waals surface area (Å²) < 4.78 is 20.3. The second-order valence-electron chi connectivity index (χ2n) is 8.98. The lowest BCUT2D eigenvalue weighted by atomic mass is 9.77. The number of imide groups is 1. The molecule has 2 fully saturated rings. The first kappa shape index (κ1) is 21.8. The van der Waals surface area contributed by atoms with E-state index in [4.69, 9.17) is 16.3 Å². The summed E-state index contributed by atoms with van der Waals surface area (Å²) in [7, 11) is 0. The Hall–Kier alpha value is -3.68. The highest BCUT2D eigenvalue weighted by molar-refractivity contribution is 6.37. The molecule has 8 heteroatoms. The quantitative estimate of drug-likeness (QED) is 0.391. The molecule has 2 amide bonds. The maximum absolute atomic E-state index is 14.1. The van der Waals surface area contributed by atoms with E-state index in [0.717, 1.165) is 10.5 Å². The van der Waals surface area contributed by atoms with E-state index in [1.54, 1.807) is 37.3 Å². The maximum Gasteiger partial charge on any atom is 0.241 e. The second kappa shape index (κ2) is 7.41. The summed E-state index contributed by atoms with van der Waals surface area (Å²) in [6.45, 7) is 1.78. The molecule has 0 N–H and O–H groups in total. The fourth-order valence-corrected chi connectivity index (χ4v) is 5.65. The molecule has 3 aliphatic rings. The molecule has 2 saturated heterocycles. The number of rotatable bonds is 2. The van der Waals surface area contributed by atoms with Crippen LogP contribution in [-0.4, -0.2) is 29.0 Å². The summed E-state index contributed by atoms with van der Waals surface area (Å²) in [5.41, 5.74) is -0.696. The Morgan fingerprint density at radius 1 is 0.886 bits per heavy atom. The van der Waals surface area contributed by atoms with Crippen molar-refractivity contribution >= 4 is 40.7 Å². The van der Waals surface area contributed by atoms with Crippen molar-refractivity contribution in [3.63, 3.8) is 0 Å². The second-order valence-corrected chi connectivity index (χ2v) is 9.39. The monoisotopic (exact) mass is 489 g/mol. The van der Waals surface area contributed by atoms with Crippen LogP contribution in [0.15, 0.2) is 66.7 Å². The van der Waals surface area contributed by atoms with E-state index in [-0.39, 0.29) is 22.4 Å². The van der Waals surface area contributed by atoms with Gasteiger partial charge in [-0.2, -0.15) is 0 Å². The van der Waals surface area contributed by atoms with Crippen LogP contribution in [-0.2, 0) is 14.3 Å². The van der Waals surface area contributed by atoms with Gasteiger partial charge in [0.25, 0.3) is 0 Å². The van der Waals surface area contributed by atoms with Crippen molar-refractivity contribution in [3.05, 3.63) is 99.8 Å². The predicted molar refractivity (Wildman–Crippen MR) is 124 cm³/mol. The van der Waals surface area contributed by atoms with Crippen molar-refractivity contribution in [2.24, 2.45) is 11.8 Å². The molecule has 0 saturated carbocycles. The zero-order valence-corrected chi connectivity index (χ0v) is 19.1. The zero-order chi connectivity index (χ0) is 24.6. The van der Waals surface area contributed by atoms with Crippen LogP contribution in [0.25, 0.3) is 0 Å². The minimum Gasteiger partial charge on any atom is -0.349 e. The van der Waals surface area contributed by atoms with Gasteiger partial charge >= 0.3 is 0 Å². The number of hydrogen-bond donors (Lipinski definition) is 0. The molecule has 3 atom stereocenters. The maximum atomic E-state index is 14.1. The topological polar surface area (TPSA) is 80.8 Å². The fourth-order valence-electron chi connectivity index (χ4n) is 5.48. The van der Waals surface area contributed by atoms with Gasteiger partial charge in [-0.1, -0.05) is 54.1 Å². The molecular weight excluding hydrogens is 473 g/mol. The molecule has 6 rings (SSSR count). The largest absolute Gasteiger partial charge is 0.349 e. The van der Waals surface area contributed by atoms with Gasteiger partial charge in [0.15, 0.2) is 0 Å². The van der Waals surface area contributed by atoms with Crippen molar-refractivity contribution in [1.82, 2.24) is 0 Å². The Labute approximate surface area is 204 Å². The Morgan fingerprint density at radius 3 is 2.20 bits per heavy atom. The number of hydrogen-bond acceptors (Lipinski definition) is 5. The molecule has 2 heterocycles. The lowest BCUT2D eigenvalue weighted by Crippen LogP contribution is -2.51. The third kappa shape index (κ3) is 2.79. The van der Waals surface area contributed by atoms with Crippen molar-refractivity contribution in [2.45, 2.75) is 18.6 Å². The molecule has 174 valence electrons. The first-order chi connectivity index (χ1) is 16.8. The molecule has 0 radical (unpaired) electrons. The number of aryl methyl sites for hydroxylation is 1. The standard InChI is InChI=1S/C27H17ClFNO5/c1-13-9-10-16(12-19(13)28)30-25(33)20-21(26(30)34)27(35-22(20)14-5-4-6-15(29)11-14)23(31)17-7-2-3-8-18(17)24(27)32/h2-12,20-22H,1H3/t20-,21+,22+/m1/s1. The van der Waals surface area contributed by atoms with E-state index in [2.05, 4.69) is 0 Å². The van der Waals surface area contributed by atoms with Gasteiger partial charge in [-0.25, -0.2) is 9.29 Å². The van der Waals surface area contributed by atoms with Gasteiger partial charge in [0, 0.05) is 16.1 Å². The Balaban J connectivity index is 1.55. The normalized spacial score (nSPS) is 24.4. The van der Waals surface area contributed by atoms with E-state index in [1.165, 1.54) is 36.4 Å². The van der Waals surface area contributed by atoms with Crippen LogP contribution in [0.1, 0.15) is 37.9 Å². The Kier molecular flexibility index (Phi) is 4.62. The number of ketones is 2. The van der Waals surface area contributed by atoms with Crippen molar-refractivity contribution < 1.29 is 28.3 Å². The van der Waals surface area contributed by atoms with Gasteiger partial charge in [-0.3, -0.25) is 19.2 Å². The summed E-state index contributed by atoms with van der Waals surface area (Å²) in [4.78, 5) is 55.9. The molecule has 3 aromatic rings. The highest BCUT2D eigenvalue weighted by atomic mass is 35.5. The number of carbonyl (C=O) groups excluding carboxylic acids is 4. The predicted octanol–water partition coefficient (Wildman–Crippen LogP) is 4.48. The minimum atomic E-state index is -2.21. The number of Topliss-reactive ketones (excluding diaryl/α,β-unsaturated/α-hetero) is 2. The number of fused-ring (bicyclic) bond motifs is 3. The number of ether oxygens (including phenoxy) is 1. The summed E-state index contributed by atoms with van der Waals surface area (Å²) in [6.07, 6.45) is -1.18. The Bertz CT molecular complexity index is 1450. The lowest BCUT2D eigenvalue weighted by Gasteiger charge is -2.27. The van der Waals surface area contributed by atoms with Gasteiger partial charge in [0.05, 0.1) is 23.6 Å². The molecule has 0 bridgehead atoms. The van der Waals surface area contributed by atoms with Gasteiger partial charge in [0.2, 0.25) is 29.0 Å². The number of nitrogens with zero attached hydrogens (tertiary/aromatic N) is 1. The average molecular weight is 490 g/mol. The molecule has 0 unspecified atom stereocenters. The van der Waals surface area contributed by atoms with E-state index in [9.17, 15) is 23.6 Å². The number of benzene rings is 3. The van der Waals surface area contributed by atoms with E-state index in [0.29, 0.717) is 5.02 Å². The van der Waals surface area contributed by atoms with Gasteiger partial charge in [0.1, 0.15) is 5.82 Å². The van der Waals surface area contributed by atoms with Crippen LogP contribution in [0.3, 0.4) is 0 Å². The summed E-state index contributed by atoms with van der Waals surface area (Å²) >= 11 is 6.25. The molecule has 3 aromatic carbocycles. The van der Waals surface area contributed by atoms with Crippen LogP contribution < -0.4 is 4.90 Å². The molecule has 2 aliphatic heterocycles. The SMILES string of the molecule is Cc1ccc(N2C(=O)[C@@H]3[C@@H](C2=O)C2(O[C@H]3c3cccc(F)c3)C(=O)c3ccccc3C2=O)cc1Cl. The number of carbonyl (C=O) groups is 4. The third-order valence-corrected chi connectivity index (χ3v) is 7.52. The molecule has 1 aliphatic carbocycles. The number of amides is 2. The van der Waals surface area contributed by atoms with Crippen LogP contribution in [0.4, 0.5) is 10.1 Å². The van der Waals surface area contributed by atoms with E-state index in [1.807, 2.05) is 0 Å². The summed E-state index contributed by atoms with van der Waals surface area (Å²) in [6, 6.07) is 16.4. The number of anilines is 1. The summed E-state index contributed by atoms with van der Waals surface area (Å²) in [5, 5.41) is 0.355. The van der Waals surface area contributed by atoms with Crippen molar-refractivity contribution in [2.75, 3.05) is 4.90 Å². The Morgan fingerprint density at radius 2 is 1.57 bits per heavy atom. The third-order valence-electron chi connectivity index (χ3n) is 7.11. The smallest absolute Gasteiger partial charge is 0.241 e. The first-order valence-electron chi connectivity index (χ1n) is 11.0. The molecule has 0 aromatic heterocycles. The molecular formula is C27H17ClFNO5. The minimum absolute atomic E-state index is 0.133. The first-order valence-corrected chi connectivity index (χ1v) is 11.4. The average Bonchev–Trinajstić information content (AvgIpc) is 3.41. The molecule has 35 heavy (non-hydrogen) atoms.